The van der Waals surface area contributed by atoms with Gasteiger partial charge < -0.3 is 0 Å². The molecule has 0 saturated heterocycles. The molecular formula is C18H16FNO. The van der Waals surface area contributed by atoms with Crippen molar-refractivity contribution in [3.63, 3.8) is 0 Å². The largest absolute Gasteiger partial charge is 0.293 e. The zero-order valence-electron chi connectivity index (χ0n) is 11.8. The summed E-state index contributed by atoms with van der Waals surface area (Å²) in [6, 6.07) is 8.43. The van der Waals surface area contributed by atoms with Crippen LogP contribution in [-0.4, -0.2) is 5.78 Å². The molecule has 2 nitrogen and oxygen atoms in total. The summed E-state index contributed by atoms with van der Waals surface area (Å²) < 4.78 is 14.2. The number of carbonyl (C=O) groups is 1. The number of allylic oxidation sites excluding steroid dienone is 4. The molecule has 0 aliphatic heterocycles. The Balaban J connectivity index is 2.24. The molecule has 2 aliphatic carbocycles. The average molecular weight is 281 g/mol. The van der Waals surface area contributed by atoms with Gasteiger partial charge in [0.1, 0.15) is 17.5 Å². The van der Waals surface area contributed by atoms with E-state index in [1.165, 1.54) is 6.07 Å². The molecule has 0 fully saturated rings. The molecule has 0 heterocycles. The highest BCUT2D eigenvalue weighted by Gasteiger charge is 2.30. The van der Waals surface area contributed by atoms with Crippen molar-refractivity contribution in [1.82, 2.24) is 0 Å². The van der Waals surface area contributed by atoms with Gasteiger partial charge in [-0.3, -0.25) is 4.79 Å². The van der Waals surface area contributed by atoms with Gasteiger partial charge in [-0.05, 0) is 37.3 Å². The van der Waals surface area contributed by atoms with E-state index in [0.29, 0.717) is 17.6 Å². The monoisotopic (exact) mass is 281 g/mol. The number of Topliss-reactive ketones (excluding diaryl/α,β-unsaturated/α-hetero) is 1. The Labute approximate surface area is 123 Å². The summed E-state index contributed by atoms with van der Waals surface area (Å²) in [4.78, 5) is 12.3. The maximum absolute atomic E-state index is 14.2. The first-order valence-corrected chi connectivity index (χ1v) is 7.36. The van der Waals surface area contributed by atoms with E-state index in [-0.39, 0.29) is 17.2 Å². The Morgan fingerprint density at radius 2 is 1.86 bits per heavy atom. The fraction of sp³-hybridized carbons (Fsp3) is 0.333. The van der Waals surface area contributed by atoms with Gasteiger partial charge in [0.15, 0.2) is 5.78 Å². The van der Waals surface area contributed by atoms with Crippen LogP contribution < -0.4 is 0 Å². The van der Waals surface area contributed by atoms with Crippen molar-refractivity contribution in [3.8, 4) is 6.07 Å². The Morgan fingerprint density at radius 1 is 1.10 bits per heavy atom. The van der Waals surface area contributed by atoms with Gasteiger partial charge in [-0.15, -0.1) is 0 Å². The molecule has 0 N–H and O–H groups in total. The summed E-state index contributed by atoms with van der Waals surface area (Å²) in [6.45, 7) is 0. The summed E-state index contributed by atoms with van der Waals surface area (Å²) in [6.07, 6.45) is 5.27. The Bertz CT molecular complexity index is 706. The predicted molar refractivity (Wildman–Crippen MR) is 78.7 cm³/mol. The fourth-order valence-corrected chi connectivity index (χ4v) is 3.29. The summed E-state index contributed by atoms with van der Waals surface area (Å²) in [7, 11) is 0. The molecular weight excluding hydrogens is 265 g/mol. The lowest BCUT2D eigenvalue weighted by atomic mass is 9.80. The smallest absolute Gasteiger partial charge is 0.178 e. The summed E-state index contributed by atoms with van der Waals surface area (Å²) in [5, 5.41) is 9.37. The molecule has 3 rings (SSSR count). The Hall–Kier alpha value is -2.21. The second kappa shape index (κ2) is 5.65. The molecule has 0 aromatic heterocycles. The van der Waals surface area contributed by atoms with Crippen LogP contribution >= 0.6 is 0 Å². The first-order valence-electron chi connectivity index (χ1n) is 7.36. The number of carbonyl (C=O) groups excluding carboxylic acids is 1. The fourth-order valence-electron chi connectivity index (χ4n) is 3.29. The third-order valence-corrected chi connectivity index (χ3v) is 4.29. The van der Waals surface area contributed by atoms with Crippen LogP contribution in [0.2, 0.25) is 0 Å². The second-order valence-corrected chi connectivity index (χ2v) is 5.58. The van der Waals surface area contributed by atoms with Crippen molar-refractivity contribution in [2.24, 2.45) is 0 Å². The van der Waals surface area contributed by atoms with Crippen LogP contribution in [-0.2, 0) is 4.79 Å². The van der Waals surface area contributed by atoms with Crippen molar-refractivity contribution in [2.45, 2.75) is 38.5 Å². The van der Waals surface area contributed by atoms with Crippen LogP contribution in [0.25, 0.3) is 5.57 Å². The molecule has 21 heavy (non-hydrogen) atoms. The lowest BCUT2D eigenvalue weighted by molar-refractivity contribution is -0.114. The van der Waals surface area contributed by atoms with E-state index in [1.807, 2.05) is 6.07 Å². The Morgan fingerprint density at radius 3 is 2.62 bits per heavy atom. The average Bonchev–Trinajstić information content (AvgIpc) is 2.71. The zero-order valence-corrected chi connectivity index (χ0v) is 11.8. The number of rotatable bonds is 1. The lowest BCUT2D eigenvalue weighted by Crippen LogP contribution is -2.14. The highest BCUT2D eigenvalue weighted by Crippen LogP contribution is 2.41. The zero-order chi connectivity index (χ0) is 14.8. The number of nitrogens with zero attached hydrogens (tertiary/aromatic N) is 1. The van der Waals surface area contributed by atoms with Gasteiger partial charge in [-0.1, -0.05) is 30.2 Å². The van der Waals surface area contributed by atoms with Gasteiger partial charge >= 0.3 is 0 Å². The van der Waals surface area contributed by atoms with Crippen molar-refractivity contribution < 1.29 is 9.18 Å². The minimum atomic E-state index is -0.369. The van der Waals surface area contributed by atoms with Crippen molar-refractivity contribution in [3.05, 3.63) is 52.4 Å². The van der Waals surface area contributed by atoms with E-state index in [2.05, 4.69) is 0 Å². The van der Waals surface area contributed by atoms with Gasteiger partial charge in [-0.2, -0.15) is 5.26 Å². The van der Waals surface area contributed by atoms with Crippen molar-refractivity contribution >= 4 is 11.4 Å². The summed E-state index contributed by atoms with van der Waals surface area (Å²) in [5.41, 5.74) is 3.20. The molecule has 1 aromatic carbocycles. The molecule has 0 radical (unpaired) electrons. The molecule has 0 bridgehead atoms. The van der Waals surface area contributed by atoms with Gasteiger partial charge in [0, 0.05) is 17.6 Å². The first kappa shape index (κ1) is 13.8. The van der Waals surface area contributed by atoms with E-state index in [4.69, 9.17) is 0 Å². The molecule has 0 spiro atoms. The predicted octanol–water partition coefficient (Wildman–Crippen LogP) is 4.34. The molecule has 0 atom stereocenters. The Kier molecular flexibility index (Phi) is 3.70. The van der Waals surface area contributed by atoms with E-state index in [1.54, 1.807) is 18.2 Å². The highest BCUT2D eigenvalue weighted by molar-refractivity contribution is 6.12. The maximum Gasteiger partial charge on any atom is 0.178 e. The molecule has 3 heteroatoms. The van der Waals surface area contributed by atoms with Crippen LogP contribution in [0.1, 0.15) is 44.1 Å². The maximum atomic E-state index is 14.2. The summed E-state index contributed by atoms with van der Waals surface area (Å²) in [5.74, 6) is -0.539. The molecule has 106 valence electrons. The quantitative estimate of drug-likeness (QED) is 0.768. The van der Waals surface area contributed by atoms with Gasteiger partial charge in [0.2, 0.25) is 0 Å². The lowest BCUT2D eigenvalue weighted by Gasteiger charge is -2.22. The molecule has 0 amide bonds. The molecule has 1 aromatic rings. The van der Waals surface area contributed by atoms with E-state index >= 15 is 0 Å². The van der Waals surface area contributed by atoms with Crippen LogP contribution in [0.4, 0.5) is 4.39 Å². The highest BCUT2D eigenvalue weighted by atomic mass is 19.1. The first-order chi connectivity index (χ1) is 10.2. The van der Waals surface area contributed by atoms with Gasteiger partial charge in [-0.25, -0.2) is 4.39 Å². The number of benzene rings is 1. The van der Waals surface area contributed by atoms with Crippen molar-refractivity contribution in [1.29, 1.82) is 5.26 Å². The third kappa shape index (κ3) is 2.42. The minimum Gasteiger partial charge on any atom is -0.293 e. The molecule has 2 aliphatic rings. The van der Waals surface area contributed by atoms with E-state index < -0.39 is 0 Å². The van der Waals surface area contributed by atoms with Crippen LogP contribution in [0.3, 0.4) is 0 Å². The normalized spacial score (nSPS) is 19.1. The number of hydrogen-bond acceptors (Lipinski definition) is 2. The molecule has 0 saturated carbocycles. The minimum absolute atomic E-state index is 0.126. The standard InChI is InChI=1S/C18H16FNO/c19-16-9-5-4-8-14(16)18-13-7-3-1-2-6-12(13)10-17(21)15(18)11-20/h4-5,8-9H,1-3,6-7,10H2. The van der Waals surface area contributed by atoms with Gasteiger partial charge in [0.25, 0.3) is 0 Å². The van der Waals surface area contributed by atoms with Crippen molar-refractivity contribution in [2.75, 3.05) is 0 Å². The summed E-state index contributed by atoms with van der Waals surface area (Å²) >= 11 is 0. The number of halogens is 1. The van der Waals surface area contributed by atoms with E-state index in [9.17, 15) is 14.4 Å². The van der Waals surface area contributed by atoms with Crippen LogP contribution in [0.5, 0.6) is 0 Å². The third-order valence-electron chi connectivity index (χ3n) is 4.29. The molecule has 0 unspecified atom stereocenters. The number of hydrogen-bond donors (Lipinski definition) is 0. The second-order valence-electron chi connectivity index (χ2n) is 5.58. The van der Waals surface area contributed by atoms with Crippen LogP contribution in [0, 0.1) is 17.1 Å². The van der Waals surface area contributed by atoms with Crippen LogP contribution in [0.15, 0.2) is 41.0 Å². The SMILES string of the molecule is N#CC1=C(c2ccccc2F)C2=C(CCCCC2)CC1=O. The number of nitriles is 1. The topological polar surface area (TPSA) is 40.9 Å². The van der Waals surface area contributed by atoms with Gasteiger partial charge in [0.05, 0.1) is 0 Å². The van der Waals surface area contributed by atoms with E-state index in [0.717, 1.165) is 43.3 Å². The number of ketones is 1.